The van der Waals surface area contributed by atoms with Crippen molar-refractivity contribution in [3.8, 4) is 5.75 Å². The van der Waals surface area contributed by atoms with E-state index >= 15 is 0 Å². The molecule has 1 N–H and O–H groups in total. The average Bonchev–Trinajstić information content (AvgIpc) is 3.41. The lowest BCUT2D eigenvalue weighted by molar-refractivity contribution is -0.127. The maximum atomic E-state index is 14.7. The molecule has 4 rings (SSSR count). The molecule has 0 unspecified atom stereocenters. The highest BCUT2D eigenvalue weighted by atomic mass is 32.2. The number of carbonyl (C=O) groups excluding carboxylic acids is 3. The molecular formula is C24H24FN3O4S. The number of imide groups is 1. The number of amides is 3. The van der Waals surface area contributed by atoms with Crippen LogP contribution in [0.1, 0.15) is 24.0 Å². The molecular weight excluding hydrogens is 445 g/mol. The van der Waals surface area contributed by atoms with Crippen LogP contribution in [0.4, 0.5) is 20.6 Å². The first-order chi connectivity index (χ1) is 15.9. The van der Waals surface area contributed by atoms with Crippen LogP contribution in [0.25, 0.3) is 6.08 Å². The number of anilines is 2. The number of halogens is 1. The minimum absolute atomic E-state index is 0.161. The SMILES string of the molecule is COc1ccc(NC(=O)CN2C(=O)SC(=Cc3cc(F)c(N4CCCC4)cc3C)C2=O)cc1. The molecule has 33 heavy (non-hydrogen) atoms. The fourth-order valence-electron chi connectivity index (χ4n) is 3.83. The van der Waals surface area contributed by atoms with E-state index in [-0.39, 0.29) is 10.7 Å². The second kappa shape index (κ2) is 9.66. The number of hydrogen-bond acceptors (Lipinski definition) is 6. The summed E-state index contributed by atoms with van der Waals surface area (Å²) in [6.45, 7) is 3.09. The van der Waals surface area contributed by atoms with E-state index in [1.165, 1.54) is 12.1 Å². The van der Waals surface area contributed by atoms with E-state index in [2.05, 4.69) is 5.32 Å². The largest absolute Gasteiger partial charge is 0.497 e. The molecule has 2 aliphatic heterocycles. The third kappa shape index (κ3) is 5.03. The smallest absolute Gasteiger partial charge is 0.294 e. The zero-order chi connectivity index (χ0) is 23.5. The second-order valence-corrected chi connectivity index (χ2v) is 8.89. The summed E-state index contributed by atoms with van der Waals surface area (Å²) in [5, 5.41) is 2.11. The predicted molar refractivity (Wildman–Crippen MR) is 127 cm³/mol. The maximum absolute atomic E-state index is 14.7. The van der Waals surface area contributed by atoms with Gasteiger partial charge in [0.2, 0.25) is 5.91 Å². The van der Waals surface area contributed by atoms with Gasteiger partial charge in [-0.3, -0.25) is 19.3 Å². The molecule has 9 heteroatoms. The highest BCUT2D eigenvalue weighted by Crippen LogP contribution is 2.34. The summed E-state index contributed by atoms with van der Waals surface area (Å²) in [6.07, 6.45) is 3.59. The van der Waals surface area contributed by atoms with E-state index in [1.54, 1.807) is 37.4 Å². The van der Waals surface area contributed by atoms with Gasteiger partial charge in [-0.25, -0.2) is 4.39 Å². The van der Waals surface area contributed by atoms with Gasteiger partial charge in [-0.1, -0.05) is 0 Å². The van der Waals surface area contributed by atoms with Crippen molar-refractivity contribution in [3.63, 3.8) is 0 Å². The number of aryl methyl sites for hydroxylation is 1. The molecule has 2 aliphatic rings. The summed E-state index contributed by atoms with van der Waals surface area (Å²) in [5.41, 5.74) is 2.42. The fourth-order valence-corrected chi connectivity index (χ4v) is 4.66. The predicted octanol–water partition coefficient (Wildman–Crippen LogP) is 4.42. The number of rotatable bonds is 6. The van der Waals surface area contributed by atoms with Crippen LogP contribution in [-0.4, -0.2) is 48.7 Å². The molecule has 0 radical (unpaired) electrons. The first-order valence-electron chi connectivity index (χ1n) is 10.6. The van der Waals surface area contributed by atoms with Gasteiger partial charge in [0, 0.05) is 18.8 Å². The molecule has 0 saturated carbocycles. The minimum atomic E-state index is -0.571. The Balaban J connectivity index is 1.46. The lowest BCUT2D eigenvalue weighted by Crippen LogP contribution is -2.36. The summed E-state index contributed by atoms with van der Waals surface area (Å²) in [6, 6.07) is 9.87. The van der Waals surface area contributed by atoms with Gasteiger partial charge < -0.3 is 15.0 Å². The Morgan fingerprint density at radius 3 is 2.55 bits per heavy atom. The van der Waals surface area contributed by atoms with Crippen LogP contribution >= 0.6 is 11.8 Å². The van der Waals surface area contributed by atoms with Gasteiger partial charge in [-0.2, -0.15) is 0 Å². The Hall–Kier alpha value is -3.33. The van der Waals surface area contributed by atoms with Crippen LogP contribution in [-0.2, 0) is 9.59 Å². The van der Waals surface area contributed by atoms with Gasteiger partial charge >= 0.3 is 0 Å². The molecule has 0 aliphatic carbocycles. The van der Waals surface area contributed by atoms with E-state index < -0.39 is 23.6 Å². The summed E-state index contributed by atoms with van der Waals surface area (Å²) in [4.78, 5) is 40.6. The van der Waals surface area contributed by atoms with E-state index in [4.69, 9.17) is 4.74 Å². The molecule has 2 aromatic rings. The number of nitrogens with zero attached hydrogens (tertiary/aromatic N) is 2. The Bertz CT molecular complexity index is 1130. The van der Waals surface area contributed by atoms with Crippen molar-refractivity contribution in [2.45, 2.75) is 19.8 Å². The lowest BCUT2D eigenvalue weighted by Gasteiger charge is -2.19. The number of hydrogen-bond donors (Lipinski definition) is 1. The highest BCUT2D eigenvalue weighted by Gasteiger charge is 2.36. The van der Waals surface area contributed by atoms with E-state index in [9.17, 15) is 18.8 Å². The summed E-state index contributed by atoms with van der Waals surface area (Å²) < 4.78 is 19.8. The number of ether oxygens (including phenoxy) is 1. The topological polar surface area (TPSA) is 79.0 Å². The summed E-state index contributed by atoms with van der Waals surface area (Å²) in [5.74, 6) is -0.782. The molecule has 0 aromatic heterocycles. The van der Waals surface area contributed by atoms with Gasteiger partial charge in [0.15, 0.2) is 0 Å². The average molecular weight is 470 g/mol. The van der Waals surface area contributed by atoms with Crippen molar-refractivity contribution < 1.29 is 23.5 Å². The standard InChI is InChI=1S/C24H24FN3O4S/c1-15-11-20(27-9-3-4-10-27)19(25)12-16(15)13-21-23(30)28(24(31)33-21)14-22(29)26-17-5-7-18(32-2)8-6-17/h5-8,11-13H,3-4,9-10,14H2,1-2H3,(H,26,29). The van der Waals surface area contributed by atoms with Gasteiger partial charge in [0.05, 0.1) is 17.7 Å². The Morgan fingerprint density at radius 1 is 1.18 bits per heavy atom. The first kappa shape index (κ1) is 22.8. The van der Waals surface area contributed by atoms with Gasteiger partial charge in [0.1, 0.15) is 18.1 Å². The Morgan fingerprint density at radius 2 is 1.88 bits per heavy atom. The fraction of sp³-hybridized carbons (Fsp3) is 0.292. The van der Waals surface area contributed by atoms with Crippen molar-refractivity contribution in [2.75, 3.05) is 37.0 Å². The molecule has 0 atom stereocenters. The zero-order valence-corrected chi connectivity index (χ0v) is 19.2. The maximum Gasteiger partial charge on any atom is 0.294 e. The lowest BCUT2D eigenvalue weighted by atomic mass is 10.1. The van der Waals surface area contributed by atoms with Crippen LogP contribution in [0.5, 0.6) is 5.75 Å². The highest BCUT2D eigenvalue weighted by molar-refractivity contribution is 8.18. The number of benzene rings is 2. The molecule has 3 amide bonds. The van der Waals surface area contributed by atoms with Crippen molar-refractivity contribution in [1.29, 1.82) is 0 Å². The Labute approximate surface area is 195 Å². The van der Waals surface area contributed by atoms with E-state index in [0.29, 0.717) is 22.7 Å². The molecule has 0 spiro atoms. The van der Waals surface area contributed by atoms with Gasteiger partial charge in [-0.05, 0) is 85.1 Å². The van der Waals surface area contributed by atoms with E-state index in [0.717, 1.165) is 48.2 Å². The molecule has 2 fully saturated rings. The van der Waals surface area contributed by atoms with Crippen molar-refractivity contribution in [2.24, 2.45) is 0 Å². The van der Waals surface area contributed by atoms with Crippen LogP contribution in [0.2, 0.25) is 0 Å². The molecule has 2 aromatic carbocycles. The number of nitrogens with one attached hydrogen (secondary N) is 1. The first-order valence-corrected chi connectivity index (χ1v) is 11.4. The molecule has 7 nitrogen and oxygen atoms in total. The molecule has 0 bridgehead atoms. The van der Waals surface area contributed by atoms with Crippen LogP contribution in [0.3, 0.4) is 0 Å². The van der Waals surface area contributed by atoms with Gasteiger partial charge in [-0.15, -0.1) is 0 Å². The quantitative estimate of drug-likeness (QED) is 0.631. The van der Waals surface area contributed by atoms with Crippen molar-refractivity contribution >= 4 is 46.3 Å². The van der Waals surface area contributed by atoms with Crippen molar-refractivity contribution in [1.82, 2.24) is 4.90 Å². The third-order valence-corrected chi connectivity index (χ3v) is 6.53. The van der Waals surface area contributed by atoms with Crippen molar-refractivity contribution in [3.05, 3.63) is 58.2 Å². The van der Waals surface area contributed by atoms with E-state index in [1.807, 2.05) is 11.8 Å². The molecule has 2 saturated heterocycles. The normalized spacial score (nSPS) is 17.2. The summed E-state index contributed by atoms with van der Waals surface area (Å²) in [7, 11) is 1.54. The minimum Gasteiger partial charge on any atom is -0.497 e. The Kier molecular flexibility index (Phi) is 6.69. The zero-order valence-electron chi connectivity index (χ0n) is 18.4. The van der Waals surface area contributed by atoms with Gasteiger partial charge in [0.25, 0.3) is 11.1 Å². The second-order valence-electron chi connectivity index (χ2n) is 7.90. The third-order valence-electron chi connectivity index (χ3n) is 5.62. The molecule has 2 heterocycles. The number of methoxy groups -OCH3 is 1. The molecule has 172 valence electrons. The monoisotopic (exact) mass is 469 g/mol. The number of carbonyl (C=O) groups is 3. The van der Waals surface area contributed by atoms with Crippen LogP contribution in [0, 0.1) is 12.7 Å². The summed E-state index contributed by atoms with van der Waals surface area (Å²) >= 11 is 0.743. The van der Waals surface area contributed by atoms with Crippen LogP contribution < -0.4 is 15.0 Å². The van der Waals surface area contributed by atoms with Crippen LogP contribution in [0.15, 0.2) is 41.3 Å². The number of thioether (sulfide) groups is 1.